The summed E-state index contributed by atoms with van der Waals surface area (Å²) in [4.78, 5) is 19.8. The Bertz CT molecular complexity index is 775. The van der Waals surface area contributed by atoms with Crippen molar-refractivity contribution in [1.29, 1.82) is 0 Å². The minimum Gasteiger partial charge on any atom is -0.353 e. The number of carbonyl (C=O) groups is 1. The van der Waals surface area contributed by atoms with Crippen LogP contribution in [0.25, 0.3) is 11.0 Å². The number of imidazole rings is 1. The first kappa shape index (κ1) is 17.4. The molecule has 0 unspecified atom stereocenters. The number of hydrogen-bond donors (Lipinski definition) is 1. The maximum absolute atomic E-state index is 12.7. The molecule has 0 bridgehead atoms. The average Bonchev–Trinajstić information content (AvgIpc) is 3.01. The van der Waals surface area contributed by atoms with Crippen molar-refractivity contribution < 1.29 is 4.79 Å². The van der Waals surface area contributed by atoms with Crippen LogP contribution in [0.15, 0.2) is 24.3 Å². The van der Waals surface area contributed by atoms with Crippen LogP contribution in [0.2, 0.25) is 0 Å². The van der Waals surface area contributed by atoms with Gasteiger partial charge in [-0.3, -0.25) is 4.79 Å². The minimum absolute atomic E-state index is 0.148. The highest BCUT2D eigenvalue weighted by Gasteiger charge is 2.30. The standard InChI is InChI=1S/C21H30N4O/c1-15-7-3-4-8-17(15)22-20(26)16-11-13-25(14-12-16)21-23-18-9-5-6-10-19(18)24(21)2/h5-6,9-10,15-17H,3-4,7-8,11-14H2,1-2H3,(H,22,26)/t15-,17+/m1/s1. The van der Waals surface area contributed by atoms with Crippen LogP contribution >= 0.6 is 0 Å². The molecule has 1 aromatic carbocycles. The van der Waals surface area contributed by atoms with Gasteiger partial charge in [0.2, 0.25) is 11.9 Å². The summed E-state index contributed by atoms with van der Waals surface area (Å²) < 4.78 is 2.17. The van der Waals surface area contributed by atoms with Gasteiger partial charge in [0.05, 0.1) is 11.0 Å². The lowest BCUT2D eigenvalue weighted by atomic mass is 9.85. The Morgan fingerprint density at radius 2 is 1.85 bits per heavy atom. The summed E-state index contributed by atoms with van der Waals surface area (Å²) in [5.74, 6) is 2.06. The number of aryl methyl sites for hydroxylation is 1. The molecule has 2 aromatic rings. The van der Waals surface area contributed by atoms with E-state index in [1.165, 1.54) is 19.3 Å². The van der Waals surface area contributed by atoms with Crippen LogP contribution in [0.1, 0.15) is 45.4 Å². The van der Waals surface area contributed by atoms with E-state index in [1.807, 2.05) is 6.07 Å². The Morgan fingerprint density at radius 1 is 1.12 bits per heavy atom. The van der Waals surface area contributed by atoms with E-state index in [1.54, 1.807) is 0 Å². The highest BCUT2D eigenvalue weighted by Crippen LogP contribution is 2.27. The van der Waals surface area contributed by atoms with E-state index in [0.717, 1.165) is 49.3 Å². The third-order valence-corrected chi connectivity index (χ3v) is 6.35. The number of fused-ring (bicyclic) bond motifs is 1. The molecule has 2 fully saturated rings. The molecule has 5 nitrogen and oxygen atoms in total. The SMILES string of the molecule is C[C@@H]1CCCC[C@@H]1NC(=O)C1CCN(c2nc3ccccc3n2C)CC1. The van der Waals surface area contributed by atoms with Gasteiger partial charge in [-0.2, -0.15) is 0 Å². The number of piperidine rings is 1. The molecule has 26 heavy (non-hydrogen) atoms. The smallest absolute Gasteiger partial charge is 0.223 e. The van der Waals surface area contributed by atoms with Gasteiger partial charge in [-0.1, -0.05) is 31.9 Å². The average molecular weight is 354 g/mol. The lowest BCUT2D eigenvalue weighted by Crippen LogP contribution is -2.47. The summed E-state index contributed by atoms with van der Waals surface area (Å²) >= 11 is 0. The molecule has 2 aliphatic rings. The first-order valence-corrected chi connectivity index (χ1v) is 10.1. The molecule has 1 aliphatic heterocycles. The molecule has 0 radical (unpaired) electrons. The minimum atomic E-state index is 0.148. The van der Waals surface area contributed by atoms with Gasteiger partial charge >= 0.3 is 0 Å². The summed E-state index contributed by atoms with van der Waals surface area (Å²) in [6.45, 7) is 4.07. The fraction of sp³-hybridized carbons (Fsp3) is 0.619. The maximum atomic E-state index is 12.7. The van der Waals surface area contributed by atoms with E-state index >= 15 is 0 Å². The van der Waals surface area contributed by atoms with Crippen molar-refractivity contribution in [3.8, 4) is 0 Å². The number of nitrogens with zero attached hydrogens (tertiary/aromatic N) is 3. The van der Waals surface area contributed by atoms with Gasteiger partial charge in [-0.25, -0.2) is 4.98 Å². The molecule has 1 aliphatic carbocycles. The van der Waals surface area contributed by atoms with Gasteiger partial charge in [-0.15, -0.1) is 0 Å². The quantitative estimate of drug-likeness (QED) is 0.918. The van der Waals surface area contributed by atoms with Crippen LogP contribution < -0.4 is 10.2 Å². The molecular formula is C21H30N4O. The Morgan fingerprint density at radius 3 is 2.58 bits per heavy atom. The zero-order valence-corrected chi connectivity index (χ0v) is 15.9. The van der Waals surface area contributed by atoms with Crippen molar-refractivity contribution in [2.24, 2.45) is 18.9 Å². The van der Waals surface area contributed by atoms with Gasteiger partial charge in [0, 0.05) is 32.1 Å². The molecule has 1 aromatic heterocycles. The van der Waals surface area contributed by atoms with Crippen LogP contribution in [-0.2, 0) is 11.8 Å². The maximum Gasteiger partial charge on any atom is 0.223 e. The molecule has 2 atom stereocenters. The van der Waals surface area contributed by atoms with Gasteiger partial charge in [0.25, 0.3) is 0 Å². The lowest BCUT2D eigenvalue weighted by molar-refractivity contribution is -0.126. The molecule has 2 heterocycles. The topological polar surface area (TPSA) is 50.2 Å². The van der Waals surface area contributed by atoms with E-state index in [4.69, 9.17) is 4.98 Å². The largest absolute Gasteiger partial charge is 0.353 e. The van der Waals surface area contributed by atoms with Crippen molar-refractivity contribution in [1.82, 2.24) is 14.9 Å². The number of anilines is 1. The predicted octanol–water partition coefficient (Wildman–Crippen LogP) is 3.48. The zero-order valence-electron chi connectivity index (χ0n) is 15.9. The van der Waals surface area contributed by atoms with Crippen molar-refractivity contribution in [2.75, 3.05) is 18.0 Å². The molecule has 5 heteroatoms. The summed E-state index contributed by atoms with van der Waals surface area (Å²) in [7, 11) is 2.08. The number of carbonyl (C=O) groups excluding carboxylic acids is 1. The third-order valence-electron chi connectivity index (χ3n) is 6.35. The Hall–Kier alpha value is -2.04. The molecular weight excluding hydrogens is 324 g/mol. The summed E-state index contributed by atoms with van der Waals surface area (Å²) in [5.41, 5.74) is 2.20. The van der Waals surface area contributed by atoms with Crippen molar-refractivity contribution >= 4 is 22.9 Å². The van der Waals surface area contributed by atoms with Crippen LogP contribution in [0.3, 0.4) is 0 Å². The Kier molecular flexibility index (Phi) is 4.88. The van der Waals surface area contributed by atoms with Crippen LogP contribution in [-0.4, -0.2) is 34.6 Å². The monoisotopic (exact) mass is 354 g/mol. The lowest BCUT2D eigenvalue weighted by Gasteiger charge is -2.34. The molecule has 1 saturated carbocycles. The molecule has 1 amide bonds. The van der Waals surface area contributed by atoms with E-state index in [0.29, 0.717) is 12.0 Å². The second kappa shape index (κ2) is 7.29. The molecule has 0 spiro atoms. The fourth-order valence-electron chi connectivity index (χ4n) is 4.59. The van der Waals surface area contributed by atoms with Crippen molar-refractivity contribution in [2.45, 2.75) is 51.5 Å². The zero-order chi connectivity index (χ0) is 18.1. The first-order valence-electron chi connectivity index (χ1n) is 10.1. The Balaban J connectivity index is 1.37. The summed E-state index contributed by atoms with van der Waals surface area (Å²) in [5, 5.41) is 3.35. The number of hydrogen-bond acceptors (Lipinski definition) is 3. The first-order chi connectivity index (χ1) is 12.6. The Labute approximate surface area is 155 Å². The number of nitrogens with one attached hydrogen (secondary N) is 1. The number of para-hydroxylation sites is 2. The van der Waals surface area contributed by atoms with E-state index < -0.39 is 0 Å². The van der Waals surface area contributed by atoms with Gasteiger partial charge < -0.3 is 14.8 Å². The van der Waals surface area contributed by atoms with Crippen molar-refractivity contribution in [3.05, 3.63) is 24.3 Å². The third kappa shape index (κ3) is 3.31. The second-order valence-corrected chi connectivity index (χ2v) is 8.10. The number of rotatable bonds is 3. The predicted molar refractivity (Wildman–Crippen MR) is 105 cm³/mol. The highest BCUT2D eigenvalue weighted by atomic mass is 16.2. The van der Waals surface area contributed by atoms with E-state index in [-0.39, 0.29) is 11.8 Å². The molecule has 1 saturated heterocycles. The second-order valence-electron chi connectivity index (χ2n) is 8.10. The molecule has 140 valence electrons. The number of aromatic nitrogens is 2. The van der Waals surface area contributed by atoms with E-state index in [9.17, 15) is 4.79 Å². The summed E-state index contributed by atoms with van der Waals surface area (Å²) in [6.07, 6.45) is 6.78. The van der Waals surface area contributed by atoms with Crippen LogP contribution in [0.5, 0.6) is 0 Å². The van der Waals surface area contributed by atoms with Gasteiger partial charge in [-0.05, 0) is 43.7 Å². The highest BCUT2D eigenvalue weighted by molar-refractivity contribution is 5.80. The number of amides is 1. The normalized spacial score (nSPS) is 24.8. The molecule has 1 N–H and O–H groups in total. The van der Waals surface area contributed by atoms with Crippen LogP contribution in [0, 0.1) is 11.8 Å². The number of benzene rings is 1. The van der Waals surface area contributed by atoms with Crippen molar-refractivity contribution in [3.63, 3.8) is 0 Å². The van der Waals surface area contributed by atoms with E-state index in [2.05, 4.69) is 47.0 Å². The fourth-order valence-corrected chi connectivity index (χ4v) is 4.59. The molecule has 4 rings (SSSR count). The summed E-state index contributed by atoms with van der Waals surface area (Å²) in [6, 6.07) is 8.63. The van der Waals surface area contributed by atoms with Gasteiger partial charge in [0.1, 0.15) is 0 Å². The van der Waals surface area contributed by atoms with Crippen LogP contribution in [0.4, 0.5) is 5.95 Å². The van der Waals surface area contributed by atoms with Gasteiger partial charge in [0.15, 0.2) is 0 Å².